The molecule has 0 aliphatic carbocycles. The molecule has 0 fully saturated rings. The molecule has 0 aliphatic rings. The topological polar surface area (TPSA) is 84.9 Å². The molecule has 13 heavy (non-hydrogen) atoms. The second kappa shape index (κ2) is 7.23. The Hall–Kier alpha value is -0.200. The number of rotatable bonds is 7. The van der Waals surface area contributed by atoms with Gasteiger partial charge >= 0.3 is 0 Å². The minimum atomic E-state index is -0.891. The Morgan fingerprint density at radius 1 is 1.08 bits per heavy atom. The highest BCUT2D eigenvalue weighted by Gasteiger charge is 2.15. The largest absolute Gasteiger partial charge is 0.368 e. The van der Waals surface area contributed by atoms with Crippen molar-refractivity contribution in [2.75, 3.05) is 6.54 Å². The van der Waals surface area contributed by atoms with E-state index in [0.717, 1.165) is 0 Å². The summed E-state index contributed by atoms with van der Waals surface area (Å²) in [4.78, 5) is 0. The molecule has 0 heterocycles. The van der Waals surface area contributed by atoms with Crippen molar-refractivity contribution in [3.63, 3.8) is 0 Å². The van der Waals surface area contributed by atoms with Gasteiger partial charge in [0.1, 0.15) is 0 Å². The molecular formula is C8H19NO4. The summed E-state index contributed by atoms with van der Waals surface area (Å²) in [5, 5.41) is 18.2. The predicted molar refractivity (Wildman–Crippen MR) is 47.6 cm³/mol. The van der Waals surface area contributed by atoms with Gasteiger partial charge in [0.15, 0.2) is 18.9 Å². The van der Waals surface area contributed by atoms with Crippen molar-refractivity contribution < 1.29 is 19.7 Å². The first kappa shape index (κ1) is 12.8. The molecule has 0 saturated heterocycles. The summed E-state index contributed by atoms with van der Waals surface area (Å²) in [6.07, 6.45) is -1.61. The first-order valence-electron chi connectivity index (χ1n) is 4.51. The molecule has 0 saturated carbocycles. The van der Waals surface area contributed by atoms with Crippen molar-refractivity contribution >= 4 is 0 Å². The average molecular weight is 193 g/mol. The summed E-state index contributed by atoms with van der Waals surface area (Å²) in [7, 11) is 0. The van der Waals surface area contributed by atoms with Gasteiger partial charge in [0.25, 0.3) is 0 Å². The normalized spacial score (nSPS) is 18.2. The second-order valence-electron chi connectivity index (χ2n) is 2.66. The van der Waals surface area contributed by atoms with Gasteiger partial charge in [-0.25, -0.2) is 0 Å². The van der Waals surface area contributed by atoms with E-state index >= 15 is 0 Å². The lowest BCUT2D eigenvalue weighted by atomic mass is 10.4. The van der Waals surface area contributed by atoms with E-state index in [-0.39, 0.29) is 6.54 Å². The van der Waals surface area contributed by atoms with Crippen LogP contribution in [0.4, 0.5) is 0 Å². The highest BCUT2D eigenvalue weighted by Crippen LogP contribution is 2.04. The maximum atomic E-state index is 9.11. The van der Waals surface area contributed by atoms with E-state index in [0.29, 0.717) is 12.8 Å². The Kier molecular flexibility index (Phi) is 7.12. The molecule has 0 aromatic heterocycles. The predicted octanol–water partition coefficient (Wildman–Crippen LogP) is -0.239. The molecule has 5 nitrogen and oxygen atoms in total. The fraction of sp³-hybridized carbons (Fsp3) is 1.00. The third-order valence-electron chi connectivity index (χ3n) is 1.51. The number of hydrogen-bond acceptors (Lipinski definition) is 5. The van der Waals surface area contributed by atoms with Gasteiger partial charge in [-0.05, 0) is 12.8 Å². The van der Waals surface area contributed by atoms with Crippen molar-refractivity contribution in [3.05, 3.63) is 0 Å². The molecule has 0 spiro atoms. The quantitative estimate of drug-likeness (QED) is 0.486. The van der Waals surface area contributed by atoms with Crippen molar-refractivity contribution in [2.24, 2.45) is 5.73 Å². The minimum Gasteiger partial charge on any atom is -0.368 e. The van der Waals surface area contributed by atoms with Crippen LogP contribution >= 0.6 is 0 Å². The Morgan fingerprint density at radius 3 is 1.69 bits per heavy atom. The van der Waals surface area contributed by atoms with E-state index in [1.54, 1.807) is 13.8 Å². The summed E-state index contributed by atoms with van der Waals surface area (Å²) in [5.74, 6) is 0. The van der Waals surface area contributed by atoms with Gasteiger partial charge in [-0.1, -0.05) is 13.8 Å². The van der Waals surface area contributed by atoms with Gasteiger partial charge in [-0.3, -0.25) is 0 Å². The lowest BCUT2D eigenvalue weighted by Crippen LogP contribution is -2.34. The van der Waals surface area contributed by atoms with E-state index in [4.69, 9.17) is 25.4 Å². The van der Waals surface area contributed by atoms with Crippen LogP contribution in [0.3, 0.4) is 0 Å². The first-order valence-corrected chi connectivity index (χ1v) is 4.51. The van der Waals surface area contributed by atoms with E-state index in [1.165, 1.54) is 0 Å². The smallest absolute Gasteiger partial charge is 0.175 e. The zero-order chi connectivity index (χ0) is 10.3. The monoisotopic (exact) mass is 193 g/mol. The molecule has 2 unspecified atom stereocenters. The molecule has 0 aromatic carbocycles. The van der Waals surface area contributed by atoms with Crippen LogP contribution in [0.5, 0.6) is 0 Å². The first-order chi connectivity index (χ1) is 6.13. The Bertz CT molecular complexity index is 111. The van der Waals surface area contributed by atoms with E-state index < -0.39 is 18.9 Å². The third kappa shape index (κ3) is 5.95. The van der Waals surface area contributed by atoms with Crippen LogP contribution in [0.1, 0.15) is 26.7 Å². The number of ether oxygens (including phenoxy) is 2. The van der Waals surface area contributed by atoms with Gasteiger partial charge in [0.2, 0.25) is 0 Å². The van der Waals surface area contributed by atoms with Crippen LogP contribution in [0.15, 0.2) is 0 Å². The summed E-state index contributed by atoms with van der Waals surface area (Å²) in [5.41, 5.74) is 5.31. The highest BCUT2D eigenvalue weighted by atomic mass is 16.8. The van der Waals surface area contributed by atoms with Crippen molar-refractivity contribution in [1.29, 1.82) is 0 Å². The number of aliphatic hydroxyl groups excluding tert-OH is 2. The molecule has 4 N–H and O–H groups in total. The van der Waals surface area contributed by atoms with Crippen LogP contribution in [-0.4, -0.2) is 35.6 Å². The average Bonchev–Trinajstić information content (AvgIpc) is 2.16. The van der Waals surface area contributed by atoms with Gasteiger partial charge in [0, 0.05) is 6.54 Å². The molecule has 0 aromatic rings. The second-order valence-corrected chi connectivity index (χ2v) is 2.66. The maximum absolute atomic E-state index is 9.11. The Labute approximate surface area is 78.4 Å². The highest BCUT2D eigenvalue weighted by molar-refractivity contribution is 4.48. The van der Waals surface area contributed by atoms with Crippen molar-refractivity contribution in [1.82, 2.24) is 0 Å². The van der Waals surface area contributed by atoms with Gasteiger partial charge in [-0.2, -0.15) is 0 Å². The van der Waals surface area contributed by atoms with Crippen LogP contribution in [0, 0.1) is 0 Å². The third-order valence-corrected chi connectivity index (χ3v) is 1.51. The lowest BCUT2D eigenvalue weighted by Gasteiger charge is -2.22. The summed E-state index contributed by atoms with van der Waals surface area (Å²) in [6.45, 7) is 3.65. The van der Waals surface area contributed by atoms with E-state index in [1.807, 2.05) is 0 Å². The lowest BCUT2D eigenvalue weighted by molar-refractivity contribution is -0.271. The SMILES string of the molecule is CCC(O)OC(CN)OC(O)CC. The number of hydrogen-bond donors (Lipinski definition) is 3. The standard InChI is InChI=1S/C8H19NO4/c1-3-6(10)12-8(5-9)13-7(11)4-2/h6-8,10-11H,3-5,9H2,1-2H3. The fourth-order valence-corrected chi connectivity index (χ4v) is 0.686. The van der Waals surface area contributed by atoms with Crippen LogP contribution in [0.25, 0.3) is 0 Å². The summed E-state index contributed by atoms with van der Waals surface area (Å²) < 4.78 is 9.94. The number of nitrogens with two attached hydrogens (primary N) is 1. The van der Waals surface area contributed by atoms with Gasteiger partial charge in [-0.15, -0.1) is 0 Å². The molecular weight excluding hydrogens is 174 g/mol. The maximum Gasteiger partial charge on any atom is 0.175 e. The van der Waals surface area contributed by atoms with Crippen LogP contribution in [0.2, 0.25) is 0 Å². The van der Waals surface area contributed by atoms with Crippen molar-refractivity contribution in [3.8, 4) is 0 Å². The summed E-state index contributed by atoms with van der Waals surface area (Å²) in [6, 6.07) is 0. The minimum absolute atomic E-state index is 0.105. The Balaban J connectivity index is 3.74. The molecule has 2 atom stereocenters. The molecule has 0 amide bonds. The molecule has 0 bridgehead atoms. The van der Waals surface area contributed by atoms with Crippen molar-refractivity contribution in [2.45, 2.75) is 45.6 Å². The van der Waals surface area contributed by atoms with Gasteiger partial charge < -0.3 is 25.4 Å². The van der Waals surface area contributed by atoms with E-state index in [2.05, 4.69) is 0 Å². The molecule has 80 valence electrons. The fourth-order valence-electron chi connectivity index (χ4n) is 0.686. The van der Waals surface area contributed by atoms with E-state index in [9.17, 15) is 0 Å². The Morgan fingerprint density at radius 2 is 1.46 bits per heavy atom. The molecule has 0 radical (unpaired) electrons. The van der Waals surface area contributed by atoms with Crippen LogP contribution in [-0.2, 0) is 9.47 Å². The molecule has 5 heteroatoms. The zero-order valence-corrected chi connectivity index (χ0v) is 8.14. The van der Waals surface area contributed by atoms with Gasteiger partial charge in [0.05, 0.1) is 0 Å². The molecule has 0 aliphatic heterocycles. The number of aliphatic hydroxyl groups is 2. The molecule has 0 rings (SSSR count). The van der Waals surface area contributed by atoms with Crippen LogP contribution < -0.4 is 5.73 Å². The summed E-state index contributed by atoms with van der Waals surface area (Å²) >= 11 is 0. The zero-order valence-electron chi connectivity index (χ0n) is 8.14.